The molecular formula is C29H48O. The Hall–Kier alpha value is -0.560. The Morgan fingerprint density at radius 2 is 1.73 bits per heavy atom. The van der Waals surface area contributed by atoms with E-state index in [4.69, 9.17) is 0 Å². The SMILES string of the molecule is C=C(CC[C@@H](C)[C@H]1CC[C@H]2C3=CC[C@H]4[C@H](C)[C@@H](O)CC[C@]4(C)C3CC[C@]12C)C(C)C. The van der Waals surface area contributed by atoms with Crippen molar-refractivity contribution in [2.45, 2.75) is 105 Å². The summed E-state index contributed by atoms with van der Waals surface area (Å²) in [6, 6.07) is 0. The highest BCUT2D eigenvalue weighted by Crippen LogP contribution is 2.67. The molecule has 4 aliphatic rings. The average Bonchev–Trinajstić information content (AvgIpc) is 3.06. The van der Waals surface area contributed by atoms with E-state index in [0.717, 1.165) is 30.1 Å². The molecule has 4 rings (SSSR count). The lowest BCUT2D eigenvalue weighted by molar-refractivity contribution is -0.0773. The number of rotatable bonds is 5. The van der Waals surface area contributed by atoms with E-state index in [1.807, 2.05) is 5.57 Å². The Kier molecular flexibility index (Phi) is 6.10. The zero-order valence-electron chi connectivity index (χ0n) is 20.7. The minimum Gasteiger partial charge on any atom is -0.393 e. The first-order valence-electron chi connectivity index (χ1n) is 13.1. The maximum absolute atomic E-state index is 10.5. The lowest BCUT2D eigenvalue weighted by atomic mass is 9.46. The molecule has 0 heterocycles. The van der Waals surface area contributed by atoms with E-state index in [2.05, 4.69) is 54.2 Å². The molecule has 0 radical (unpaired) electrons. The van der Waals surface area contributed by atoms with Crippen LogP contribution in [0.15, 0.2) is 23.8 Å². The molecule has 9 atom stereocenters. The maximum atomic E-state index is 10.5. The minimum atomic E-state index is -0.0795. The van der Waals surface area contributed by atoms with Crippen molar-refractivity contribution in [3.63, 3.8) is 0 Å². The van der Waals surface area contributed by atoms with Crippen molar-refractivity contribution < 1.29 is 5.11 Å². The first kappa shape index (κ1) is 22.6. The molecular weight excluding hydrogens is 364 g/mol. The van der Waals surface area contributed by atoms with Crippen molar-refractivity contribution in [1.82, 2.24) is 0 Å². The van der Waals surface area contributed by atoms with Crippen molar-refractivity contribution >= 4 is 0 Å². The van der Waals surface area contributed by atoms with Gasteiger partial charge in [-0.2, -0.15) is 0 Å². The van der Waals surface area contributed by atoms with Crippen LogP contribution in [0.1, 0.15) is 99.3 Å². The van der Waals surface area contributed by atoms with Crippen LogP contribution in [0.5, 0.6) is 0 Å². The molecule has 1 unspecified atom stereocenters. The standard InChI is InChI=1S/C29H48O/c1-18(2)19(3)8-9-20(4)23-12-13-25-22-10-11-24-21(5)27(30)15-17-29(24,7)26(22)14-16-28(23,25)6/h10,18,20-21,23-27,30H,3,8-9,11-17H2,1-2,4-7H3/t20-,21+,23-,24+,25+,26?,27+,28-,29+/m1/s1. The van der Waals surface area contributed by atoms with Gasteiger partial charge in [0, 0.05) is 0 Å². The highest BCUT2D eigenvalue weighted by Gasteiger charge is 2.59. The van der Waals surface area contributed by atoms with Crippen LogP contribution < -0.4 is 0 Å². The van der Waals surface area contributed by atoms with Crippen LogP contribution in [0.2, 0.25) is 0 Å². The number of allylic oxidation sites excluding steroid dienone is 3. The van der Waals surface area contributed by atoms with E-state index in [-0.39, 0.29) is 6.10 Å². The molecule has 1 heteroatoms. The molecule has 0 bridgehead atoms. The van der Waals surface area contributed by atoms with Crippen LogP contribution in [0, 0.1) is 52.3 Å². The predicted molar refractivity (Wildman–Crippen MR) is 128 cm³/mol. The third kappa shape index (κ3) is 3.46. The molecule has 0 saturated heterocycles. The second-order valence-electron chi connectivity index (χ2n) is 12.7. The van der Waals surface area contributed by atoms with Crippen LogP contribution in [0.4, 0.5) is 0 Å². The monoisotopic (exact) mass is 412 g/mol. The van der Waals surface area contributed by atoms with Crippen LogP contribution in [0.3, 0.4) is 0 Å². The van der Waals surface area contributed by atoms with Gasteiger partial charge in [-0.25, -0.2) is 0 Å². The molecule has 0 amide bonds. The highest BCUT2D eigenvalue weighted by molar-refractivity contribution is 5.28. The van der Waals surface area contributed by atoms with Gasteiger partial charge in [-0.1, -0.05) is 65.3 Å². The largest absolute Gasteiger partial charge is 0.393 e. The van der Waals surface area contributed by atoms with Gasteiger partial charge in [0.2, 0.25) is 0 Å². The molecule has 0 aromatic heterocycles. The first-order valence-corrected chi connectivity index (χ1v) is 13.1. The molecule has 0 aromatic rings. The van der Waals surface area contributed by atoms with Crippen LogP contribution in [-0.2, 0) is 0 Å². The summed E-state index contributed by atoms with van der Waals surface area (Å²) in [5, 5.41) is 10.5. The zero-order chi connectivity index (χ0) is 21.8. The van der Waals surface area contributed by atoms with Gasteiger partial charge in [0.1, 0.15) is 0 Å². The van der Waals surface area contributed by atoms with E-state index in [0.29, 0.717) is 28.6 Å². The lowest BCUT2D eigenvalue weighted by Crippen LogP contribution is -2.52. The van der Waals surface area contributed by atoms with Crippen molar-refractivity contribution in [2.75, 3.05) is 0 Å². The van der Waals surface area contributed by atoms with E-state index in [9.17, 15) is 5.11 Å². The third-order valence-electron chi connectivity index (χ3n) is 11.1. The topological polar surface area (TPSA) is 20.2 Å². The summed E-state index contributed by atoms with van der Waals surface area (Å²) in [4.78, 5) is 0. The number of hydrogen-bond donors (Lipinski definition) is 1. The number of aliphatic hydroxyl groups is 1. The van der Waals surface area contributed by atoms with Crippen LogP contribution in [0.25, 0.3) is 0 Å². The minimum absolute atomic E-state index is 0.0795. The van der Waals surface area contributed by atoms with Gasteiger partial charge >= 0.3 is 0 Å². The van der Waals surface area contributed by atoms with Gasteiger partial charge < -0.3 is 5.11 Å². The average molecular weight is 413 g/mol. The fourth-order valence-electron chi connectivity index (χ4n) is 8.82. The summed E-state index contributed by atoms with van der Waals surface area (Å²) >= 11 is 0. The molecule has 3 saturated carbocycles. The highest BCUT2D eigenvalue weighted by atomic mass is 16.3. The van der Waals surface area contributed by atoms with Gasteiger partial charge in [0.05, 0.1) is 6.10 Å². The summed E-state index contributed by atoms with van der Waals surface area (Å²) in [7, 11) is 0. The van der Waals surface area contributed by atoms with Crippen molar-refractivity contribution in [2.24, 2.45) is 52.3 Å². The molecule has 30 heavy (non-hydrogen) atoms. The smallest absolute Gasteiger partial charge is 0.0568 e. The van der Waals surface area contributed by atoms with Gasteiger partial charge in [0.15, 0.2) is 0 Å². The fraction of sp³-hybridized carbons (Fsp3) is 0.862. The predicted octanol–water partition coefficient (Wildman–Crippen LogP) is 7.80. The molecule has 1 nitrogen and oxygen atoms in total. The molecule has 1 N–H and O–H groups in total. The van der Waals surface area contributed by atoms with E-state index < -0.39 is 0 Å². The third-order valence-corrected chi connectivity index (χ3v) is 11.1. The molecule has 0 aromatic carbocycles. The number of hydrogen-bond acceptors (Lipinski definition) is 1. The second-order valence-corrected chi connectivity index (χ2v) is 12.7. The molecule has 4 aliphatic carbocycles. The molecule has 170 valence electrons. The first-order chi connectivity index (χ1) is 14.1. The fourth-order valence-corrected chi connectivity index (χ4v) is 8.82. The molecule has 3 fully saturated rings. The Morgan fingerprint density at radius 1 is 1.07 bits per heavy atom. The Bertz CT molecular complexity index is 688. The Balaban J connectivity index is 1.52. The van der Waals surface area contributed by atoms with Gasteiger partial charge in [0.25, 0.3) is 0 Å². The van der Waals surface area contributed by atoms with Crippen molar-refractivity contribution in [3.8, 4) is 0 Å². The van der Waals surface area contributed by atoms with Gasteiger partial charge in [-0.05, 0) is 110 Å². The van der Waals surface area contributed by atoms with Gasteiger partial charge in [-0.3, -0.25) is 0 Å². The van der Waals surface area contributed by atoms with Crippen molar-refractivity contribution in [3.05, 3.63) is 23.8 Å². The summed E-state index contributed by atoms with van der Waals surface area (Å²) < 4.78 is 0. The van der Waals surface area contributed by atoms with Gasteiger partial charge in [-0.15, -0.1) is 0 Å². The summed E-state index contributed by atoms with van der Waals surface area (Å²) in [6.07, 6.45) is 14.2. The van der Waals surface area contributed by atoms with Crippen LogP contribution >= 0.6 is 0 Å². The second kappa shape index (κ2) is 8.09. The Morgan fingerprint density at radius 3 is 2.43 bits per heavy atom. The van der Waals surface area contributed by atoms with E-state index >= 15 is 0 Å². The van der Waals surface area contributed by atoms with E-state index in [1.54, 1.807) is 0 Å². The summed E-state index contributed by atoms with van der Waals surface area (Å²) in [6.45, 7) is 19.0. The van der Waals surface area contributed by atoms with Crippen LogP contribution in [-0.4, -0.2) is 11.2 Å². The number of fused-ring (bicyclic) bond motifs is 5. The normalized spacial score (nSPS) is 46.6. The maximum Gasteiger partial charge on any atom is 0.0568 e. The number of aliphatic hydroxyl groups excluding tert-OH is 1. The van der Waals surface area contributed by atoms with E-state index in [1.165, 1.54) is 56.9 Å². The Labute approximate surface area is 186 Å². The lowest BCUT2D eigenvalue weighted by Gasteiger charge is -2.59. The summed E-state index contributed by atoms with van der Waals surface area (Å²) in [5.74, 6) is 5.04. The summed E-state index contributed by atoms with van der Waals surface area (Å²) in [5.41, 5.74) is 4.22. The molecule has 0 aliphatic heterocycles. The zero-order valence-corrected chi connectivity index (χ0v) is 20.7. The quantitative estimate of drug-likeness (QED) is 0.457. The van der Waals surface area contributed by atoms with Crippen molar-refractivity contribution in [1.29, 1.82) is 0 Å². The molecule has 0 spiro atoms.